The average molecular weight is 240 g/mol. The maximum atomic E-state index is 9.87. The van der Waals surface area contributed by atoms with Crippen LogP contribution in [0.1, 0.15) is 25.8 Å². The molecular formula is C13H20O2S. The van der Waals surface area contributed by atoms with Crippen molar-refractivity contribution >= 4 is 11.8 Å². The van der Waals surface area contributed by atoms with Gasteiger partial charge in [0.25, 0.3) is 0 Å². The van der Waals surface area contributed by atoms with Gasteiger partial charge in [0, 0.05) is 17.1 Å². The second-order valence-corrected chi connectivity index (χ2v) is 6.04. The molecule has 0 aliphatic heterocycles. The summed E-state index contributed by atoms with van der Waals surface area (Å²) in [6, 6.07) is 10.2. The molecule has 1 atom stereocenters. The van der Waals surface area contributed by atoms with Gasteiger partial charge < -0.3 is 10.2 Å². The van der Waals surface area contributed by atoms with Gasteiger partial charge in [-0.25, -0.2) is 0 Å². The summed E-state index contributed by atoms with van der Waals surface area (Å²) in [5.41, 5.74) is 1.26. The lowest BCUT2D eigenvalue weighted by molar-refractivity contribution is 0.107. The molecule has 0 aromatic heterocycles. The molecule has 3 heteroatoms. The van der Waals surface area contributed by atoms with Crippen molar-refractivity contribution in [2.75, 3.05) is 6.61 Å². The fraction of sp³-hybridized carbons (Fsp3) is 0.538. The van der Waals surface area contributed by atoms with E-state index in [0.29, 0.717) is 6.42 Å². The van der Waals surface area contributed by atoms with Crippen molar-refractivity contribution in [3.05, 3.63) is 35.9 Å². The molecule has 0 amide bonds. The zero-order valence-corrected chi connectivity index (χ0v) is 10.7. The predicted molar refractivity (Wildman–Crippen MR) is 69.5 cm³/mol. The number of hydrogen-bond donors (Lipinski definition) is 2. The van der Waals surface area contributed by atoms with Crippen LogP contribution in [0.4, 0.5) is 0 Å². The van der Waals surface area contributed by atoms with E-state index < -0.39 is 6.10 Å². The summed E-state index contributed by atoms with van der Waals surface area (Å²) in [5, 5.41) is 18.7. The third-order valence-corrected chi connectivity index (χ3v) is 4.15. The van der Waals surface area contributed by atoms with Crippen molar-refractivity contribution in [1.82, 2.24) is 0 Å². The molecular weight excluding hydrogens is 220 g/mol. The summed E-state index contributed by atoms with van der Waals surface area (Å²) < 4.78 is -0.224. The first kappa shape index (κ1) is 13.6. The molecule has 1 rings (SSSR count). The highest BCUT2D eigenvalue weighted by molar-refractivity contribution is 7.99. The van der Waals surface area contributed by atoms with Gasteiger partial charge in [0.05, 0.1) is 6.10 Å². The van der Waals surface area contributed by atoms with Crippen LogP contribution in [0.25, 0.3) is 0 Å². The molecule has 0 aliphatic rings. The van der Waals surface area contributed by atoms with Crippen molar-refractivity contribution in [2.45, 2.75) is 36.9 Å². The third-order valence-electron chi connectivity index (χ3n) is 2.66. The third kappa shape index (κ3) is 4.16. The van der Waals surface area contributed by atoms with E-state index in [9.17, 15) is 5.11 Å². The Hall–Kier alpha value is -0.510. The smallest absolute Gasteiger partial charge is 0.0703 e. The molecule has 0 radical (unpaired) electrons. The molecule has 0 bridgehead atoms. The number of hydrogen-bond acceptors (Lipinski definition) is 3. The Kier molecular flexibility index (Phi) is 5.32. The quantitative estimate of drug-likeness (QED) is 0.802. The zero-order chi connectivity index (χ0) is 12.0. The molecule has 2 nitrogen and oxygen atoms in total. The molecule has 0 fully saturated rings. The van der Waals surface area contributed by atoms with Crippen LogP contribution in [-0.2, 0) is 5.75 Å². The van der Waals surface area contributed by atoms with Crippen molar-refractivity contribution in [3.8, 4) is 0 Å². The van der Waals surface area contributed by atoms with Gasteiger partial charge in [-0.15, -0.1) is 11.8 Å². The van der Waals surface area contributed by atoms with Crippen LogP contribution in [0.3, 0.4) is 0 Å². The average Bonchev–Trinajstić information content (AvgIpc) is 2.28. The summed E-state index contributed by atoms with van der Waals surface area (Å²) in [7, 11) is 0. The van der Waals surface area contributed by atoms with Crippen LogP contribution in [-0.4, -0.2) is 27.7 Å². The highest BCUT2D eigenvalue weighted by Gasteiger charge is 2.27. The van der Waals surface area contributed by atoms with Gasteiger partial charge in [0.15, 0.2) is 0 Å². The van der Waals surface area contributed by atoms with Gasteiger partial charge in [-0.2, -0.15) is 0 Å². The lowest BCUT2D eigenvalue weighted by atomic mass is 10.0. The topological polar surface area (TPSA) is 40.5 Å². The standard InChI is InChI=1S/C13H20O2S/c1-13(2,12(15)8-9-14)16-10-11-6-4-3-5-7-11/h3-7,12,14-15H,8-10H2,1-2H3. The molecule has 0 spiro atoms. The highest BCUT2D eigenvalue weighted by atomic mass is 32.2. The molecule has 16 heavy (non-hydrogen) atoms. The van der Waals surface area contributed by atoms with Gasteiger partial charge in [0.1, 0.15) is 0 Å². The molecule has 0 heterocycles. The Morgan fingerprint density at radius 3 is 2.44 bits per heavy atom. The largest absolute Gasteiger partial charge is 0.396 e. The summed E-state index contributed by atoms with van der Waals surface area (Å²) in [6.45, 7) is 4.07. The Morgan fingerprint density at radius 1 is 1.25 bits per heavy atom. The van der Waals surface area contributed by atoms with Crippen molar-refractivity contribution in [1.29, 1.82) is 0 Å². The van der Waals surface area contributed by atoms with E-state index in [0.717, 1.165) is 5.75 Å². The first-order valence-electron chi connectivity index (χ1n) is 5.53. The molecule has 0 saturated heterocycles. The summed E-state index contributed by atoms with van der Waals surface area (Å²) in [6.07, 6.45) is -0.0272. The van der Waals surface area contributed by atoms with Gasteiger partial charge in [-0.1, -0.05) is 30.3 Å². The molecule has 90 valence electrons. The lowest BCUT2D eigenvalue weighted by Gasteiger charge is -2.29. The van der Waals surface area contributed by atoms with Crippen LogP contribution in [0.2, 0.25) is 0 Å². The van der Waals surface area contributed by atoms with Crippen molar-refractivity contribution < 1.29 is 10.2 Å². The Bertz CT molecular complexity index is 298. The van der Waals surface area contributed by atoms with Crippen LogP contribution < -0.4 is 0 Å². The van der Waals surface area contributed by atoms with E-state index >= 15 is 0 Å². The SMILES string of the molecule is CC(C)(SCc1ccccc1)C(O)CCO. The van der Waals surface area contributed by atoms with E-state index in [2.05, 4.69) is 12.1 Å². The number of thioether (sulfide) groups is 1. The summed E-state index contributed by atoms with van der Waals surface area (Å²) in [5.74, 6) is 0.885. The van der Waals surface area contributed by atoms with Crippen LogP contribution >= 0.6 is 11.8 Å². The molecule has 1 aromatic rings. The van der Waals surface area contributed by atoms with Gasteiger partial charge in [-0.05, 0) is 25.8 Å². The predicted octanol–water partition coefficient (Wildman–Crippen LogP) is 2.44. The van der Waals surface area contributed by atoms with Crippen molar-refractivity contribution in [3.63, 3.8) is 0 Å². The van der Waals surface area contributed by atoms with Gasteiger partial charge >= 0.3 is 0 Å². The van der Waals surface area contributed by atoms with E-state index in [-0.39, 0.29) is 11.4 Å². The maximum Gasteiger partial charge on any atom is 0.0703 e. The zero-order valence-electron chi connectivity index (χ0n) is 9.89. The Labute approximate surface area is 102 Å². The van der Waals surface area contributed by atoms with Crippen molar-refractivity contribution in [2.24, 2.45) is 0 Å². The van der Waals surface area contributed by atoms with E-state index in [4.69, 9.17) is 5.11 Å². The lowest BCUT2D eigenvalue weighted by Crippen LogP contribution is -2.33. The minimum absolute atomic E-state index is 0.0382. The number of benzene rings is 1. The monoisotopic (exact) mass is 240 g/mol. The molecule has 1 aromatic carbocycles. The fourth-order valence-corrected chi connectivity index (χ4v) is 2.45. The van der Waals surface area contributed by atoms with E-state index in [1.165, 1.54) is 5.56 Å². The van der Waals surface area contributed by atoms with E-state index in [1.807, 2.05) is 32.0 Å². The maximum absolute atomic E-state index is 9.87. The second kappa shape index (κ2) is 6.28. The van der Waals surface area contributed by atoms with Crippen LogP contribution in [0.5, 0.6) is 0 Å². The van der Waals surface area contributed by atoms with Crippen LogP contribution in [0, 0.1) is 0 Å². The Balaban J connectivity index is 2.47. The molecule has 1 unspecified atom stereocenters. The van der Waals surface area contributed by atoms with E-state index in [1.54, 1.807) is 11.8 Å². The first-order chi connectivity index (χ1) is 7.56. The molecule has 0 aliphatic carbocycles. The van der Waals surface area contributed by atoms with Gasteiger partial charge in [-0.3, -0.25) is 0 Å². The minimum atomic E-state index is -0.466. The Morgan fingerprint density at radius 2 is 1.88 bits per heavy atom. The molecule has 2 N–H and O–H groups in total. The molecule has 0 saturated carbocycles. The summed E-state index contributed by atoms with van der Waals surface area (Å²) in [4.78, 5) is 0. The number of rotatable bonds is 6. The fourth-order valence-electron chi connectivity index (χ4n) is 1.41. The number of aliphatic hydroxyl groups excluding tert-OH is 2. The second-order valence-electron chi connectivity index (χ2n) is 4.41. The minimum Gasteiger partial charge on any atom is -0.396 e. The van der Waals surface area contributed by atoms with Gasteiger partial charge in [0.2, 0.25) is 0 Å². The highest BCUT2D eigenvalue weighted by Crippen LogP contribution is 2.32. The summed E-state index contributed by atoms with van der Waals surface area (Å²) >= 11 is 1.72. The first-order valence-corrected chi connectivity index (χ1v) is 6.51. The normalized spacial score (nSPS) is 13.8. The number of aliphatic hydroxyl groups is 2. The van der Waals surface area contributed by atoms with Crippen LogP contribution in [0.15, 0.2) is 30.3 Å².